The first kappa shape index (κ1) is 14.7. The maximum atomic E-state index is 5.52. The number of rotatable bonds is 6. The molecule has 1 saturated heterocycles. The van der Waals surface area contributed by atoms with Crippen LogP contribution in [0.4, 0.5) is 0 Å². The molecule has 1 N–H and O–H groups in total. The zero-order chi connectivity index (χ0) is 14.7. The van der Waals surface area contributed by atoms with Crippen LogP contribution in [-0.2, 0) is 0 Å². The summed E-state index contributed by atoms with van der Waals surface area (Å²) in [5.41, 5.74) is 1.29. The van der Waals surface area contributed by atoms with E-state index in [1.165, 1.54) is 31.4 Å². The molecule has 116 valence electrons. The molecule has 2 heterocycles. The van der Waals surface area contributed by atoms with Gasteiger partial charge in [0.2, 0.25) is 6.79 Å². The Hall–Kier alpha value is -1.26. The smallest absolute Gasteiger partial charge is 0.231 e. The van der Waals surface area contributed by atoms with Gasteiger partial charge in [0, 0.05) is 18.6 Å². The van der Waals surface area contributed by atoms with Crippen molar-refractivity contribution in [2.75, 3.05) is 26.4 Å². The topological polar surface area (TPSA) is 33.7 Å². The van der Waals surface area contributed by atoms with Gasteiger partial charge in [-0.05, 0) is 50.0 Å². The molecule has 1 fully saturated rings. The lowest BCUT2D eigenvalue weighted by atomic mass is 10.0. The summed E-state index contributed by atoms with van der Waals surface area (Å²) >= 11 is 0. The largest absolute Gasteiger partial charge is 0.454 e. The van der Waals surface area contributed by atoms with Gasteiger partial charge in [-0.1, -0.05) is 19.9 Å². The van der Waals surface area contributed by atoms with Crippen LogP contribution in [0.5, 0.6) is 11.5 Å². The first-order valence-electron chi connectivity index (χ1n) is 8.18. The lowest BCUT2D eigenvalue weighted by molar-refractivity contribution is 0.174. The third-order valence-corrected chi connectivity index (χ3v) is 4.64. The van der Waals surface area contributed by atoms with Crippen molar-refractivity contribution in [1.82, 2.24) is 10.2 Å². The summed E-state index contributed by atoms with van der Waals surface area (Å²) in [6, 6.07) is 7.44. The Morgan fingerprint density at radius 1 is 1.29 bits per heavy atom. The Balaban J connectivity index is 1.74. The fraction of sp³-hybridized carbons (Fsp3) is 0.647. The molecule has 0 aliphatic carbocycles. The summed E-state index contributed by atoms with van der Waals surface area (Å²) in [6.07, 6.45) is 3.93. The second-order valence-electron chi connectivity index (χ2n) is 5.92. The summed E-state index contributed by atoms with van der Waals surface area (Å²) in [5, 5.41) is 3.62. The summed E-state index contributed by atoms with van der Waals surface area (Å²) in [6.45, 7) is 8.09. The number of fused-ring (bicyclic) bond motifs is 1. The van der Waals surface area contributed by atoms with E-state index >= 15 is 0 Å². The molecule has 1 aromatic carbocycles. The number of hydrogen-bond donors (Lipinski definition) is 1. The third kappa shape index (κ3) is 3.16. The van der Waals surface area contributed by atoms with Gasteiger partial charge in [0.15, 0.2) is 11.5 Å². The van der Waals surface area contributed by atoms with E-state index in [2.05, 4.69) is 36.2 Å². The number of likely N-dealkylation sites (N-methyl/N-ethyl adjacent to an activating group) is 1. The van der Waals surface area contributed by atoms with Gasteiger partial charge in [0.1, 0.15) is 0 Å². The molecule has 3 rings (SSSR count). The highest BCUT2D eigenvalue weighted by Crippen LogP contribution is 2.34. The summed E-state index contributed by atoms with van der Waals surface area (Å²) in [7, 11) is 0. The minimum Gasteiger partial charge on any atom is -0.454 e. The van der Waals surface area contributed by atoms with E-state index in [1.54, 1.807) is 0 Å². The number of hydrogen-bond acceptors (Lipinski definition) is 4. The lowest BCUT2D eigenvalue weighted by Crippen LogP contribution is -2.37. The van der Waals surface area contributed by atoms with Gasteiger partial charge in [-0.15, -0.1) is 0 Å². The highest BCUT2D eigenvalue weighted by atomic mass is 16.7. The van der Waals surface area contributed by atoms with Gasteiger partial charge in [-0.25, -0.2) is 0 Å². The van der Waals surface area contributed by atoms with Crippen molar-refractivity contribution >= 4 is 0 Å². The first-order valence-corrected chi connectivity index (χ1v) is 8.18. The normalized spacial score (nSPS) is 22.7. The molecule has 0 spiro atoms. The first-order chi connectivity index (χ1) is 10.3. The SMILES string of the molecule is CCNC(CN1CCCC1CC)c1ccc2c(c1)OCO2. The van der Waals surface area contributed by atoms with E-state index in [0.717, 1.165) is 30.6 Å². The molecule has 0 amide bonds. The van der Waals surface area contributed by atoms with Gasteiger partial charge in [-0.3, -0.25) is 4.90 Å². The minimum atomic E-state index is 0.342. The molecule has 0 aromatic heterocycles. The lowest BCUT2D eigenvalue weighted by Gasteiger charge is -2.29. The van der Waals surface area contributed by atoms with Crippen molar-refractivity contribution in [1.29, 1.82) is 0 Å². The molecule has 0 radical (unpaired) electrons. The van der Waals surface area contributed by atoms with Gasteiger partial charge in [0.05, 0.1) is 0 Å². The van der Waals surface area contributed by atoms with Crippen molar-refractivity contribution in [3.8, 4) is 11.5 Å². The van der Waals surface area contributed by atoms with E-state index in [4.69, 9.17) is 9.47 Å². The van der Waals surface area contributed by atoms with Crippen molar-refractivity contribution in [3.05, 3.63) is 23.8 Å². The number of likely N-dealkylation sites (tertiary alicyclic amines) is 1. The Morgan fingerprint density at radius 2 is 2.14 bits per heavy atom. The standard InChI is InChI=1S/C17H26N2O2/c1-3-14-6-5-9-19(14)11-15(18-4-2)13-7-8-16-17(10-13)21-12-20-16/h7-8,10,14-15,18H,3-6,9,11-12H2,1-2H3. The van der Waals surface area contributed by atoms with Crippen LogP contribution in [0.25, 0.3) is 0 Å². The van der Waals surface area contributed by atoms with Crippen LogP contribution in [0.15, 0.2) is 18.2 Å². The summed E-state index contributed by atoms with van der Waals surface area (Å²) in [5.74, 6) is 1.74. The van der Waals surface area contributed by atoms with Crippen molar-refractivity contribution in [2.24, 2.45) is 0 Å². The molecule has 4 nitrogen and oxygen atoms in total. The Kier molecular flexibility index (Phi) is 4.66. The molecule has 2 aliphatic heterocycles. The maximum Gasteiger partial charge on any atom is 0.231 e. The fourth-order valence-electron chi connectivity index (χ4n) is 3.50. The zero-order valence-electron chi connectivity index (χ0n) is 13.1. The van der Waals surface area contributed by atoms with Gasteiger partial charge >= 0.3 is 0 Å². The number of benzene rings is 1. The Bertz CT molecular complexity index is 478. The predicted molar refractivity (Wildman–Crippen MR) is 83.9 cm³/mol. The molecule has 4 heteroatoms. The quantitative estimate of drug-likeness (QED) is 0.873. The molecule has 0 saturated carbocycles. The van der Waals surface area contributed by atoms with E-state index in [0.29, 0.717) is 12.8 Å². The second-order valence-corrected chi connectivity index (χ2v) is 5.92. The van der Waals surface area contributed by atoms with Crippen molar-refractivity contribution < 1.29 is 9.47 Å². The van der Waals surface area contributed by atoms with Crippen molar-refractivity contribution in [3.63, 3.8) is 0 Å². The average molecular weight is 290 g/mol. The second kappa shape index (κ2) is 6.67. The minimum absolute atomic E-state index is 0.342. The highest BCUT2D eigenvalue weighted by Gasteiger charge is 2.26. The van der Waals surface area contributed by atoms with E-state index < -0.39 is 0 Å². The van der Waals surface area contributed by atoms with Gasteiger partial charge in [0.25, 0.3) is 0 Å². The van der Waals surface area contributed by atoms with Crippen LogP contribution >= 0.6 is 0 Å². The number of nitrogens with one attached hydrogen (secondary N) is 1. The third-order valence-electron chi connectivity index (χ3n) is 4.64. The monoisotopic (exact) mass is 290 g/mol. The molecule has 2 atom stereocenters. The summed E-state index contributed by atoms with van der Waals surface area (Å²) in [4.78, 5) is 2.64. The van der Waals surface area contributed by atoms with Crippen LogP contribution in [-0.4, -0.2) is 37.4 Å². The van der Waals surface area contributed by atoms with Crippen LogP contribution < -0.4 is 14.8 Å². The van der Waals surface area contributed by atoms with E-state index in [-0.39, 0.29) is 0 Å². The van der Waals surface area contributed by atoms with E-state index in [9.17, 15) is 0 Å². The molecule has 2 aliphatic rings. The van der Waals surface area contributed by atoms with E-state index in [1.807, 2.05) is 6.07 Å². The predicted octanol–water partition coefficient (Wildman–Crippen LogP) is 2.94. The highest BCUT2D eigenvalue weighted by molar-refractivity contribution is 5.45. The molecule has 1 aromatic rings. The maximum absolute atomic E-state index is 5.52. The molecular formula is C17H26N2O2. The molecule has 0 bridgehead atoms. The van der Waals surface area contributed by atoms with Crippen LogP contribution in [0.1, 0.15) is 44.7 Å². The molecule has 21 heavy (non-hydrogen) atoms. The van der Waals surface area contributed by atoms with Gasteiger partial charge in [-0.2, -0.15) is 0 Å². The van der Waals surface area contributed by atoms with Crippen LogP contribution in [0.3, 0.4) is 0 Å². The average Bonchev–Trinajstić information content (AvgIpc) is 3.14. The Labute approximate surface area is 127 Å². The Morgan fingerprint density at radius 3 is 2.95 bits per heavy atom. The molecular weight excluding hydrogens is 264 g/mol. The number of nitrogens with zero attached hydrogens (tertiary/aromatic N) is 1. The zero-order valence-corrected chi connectivity index (χ0v) is 13.1. The summed E-state index contributed by atoms with van der Waals surface area (Å²) < 4.78 is 10.9. The van der Waals surface area contributed by atoms with Crippen LogP contribution in [0, 0.1) is 0 Å². The fourth-order valence-corrected chi connectivity index (χ4v) is 3.50. The van der Waals surface area contributed by atoms with Crippen molar-refractivity contribution in [2.45, 2.75) is 45.2 Å². The molecule has 2 unspecified atom stereocenters. The number of ether oxygens (including phenoxy) is 2. The van der Waals surface area contributed by atoms with Gasteiger partial charge < -0.3 is 14.8 Å². The van der Waals surface area contributed by atoms with Crippen LogP contribution in [0.2, 0.25) is 0 Å².